The van der Waals surface area contributed by atoms with Crippen LogP contribution < -0.4 is 10.5 Å². The summed E-state index contributed by atoms with van der Waals surface area (Å²) >= 11 is 0. The predicted octanol–water partition coefficient (Wildman–Crippen LogP) is 1.47. The fourth-order valence-corrected chi connectivity index (χ4v) is 2.26. The normalized spacial score (nSPS) is 10.6. The van der Waals surface area contributed by atoms with Crippen molar-refractivity contribution in [1.29, 1.82) is 0 Å². The first kappa shape index (κ1) is 16.4. The Hall–Kier alpha value is -3.43. The maximum absolute atomic E-state index is 12.3. The quantitative estimate of drug-likeness (QED) is 0.660. The lowest BCUT2D eigenvalue weighted by molar-refractivity contribution is 0.0520. The number of hydrogen-bond donors (Lipinski definition) is 1. The molecule has 10 heteroatoms. The van der Waals surface area contributed by atoms with Gasteiger partial charge in [-0.15, -0.1) is 5.10 Å². The van der Waals surface area contributed by atoms with Gasteiger partial charge in [0.2, 0.25) is 11.6 Å². The third-order valence-corrected chi connectivity index (χ3v) is 3.25. The molecule has 25 heavy (non-hydrogen) atoms. The number of nitrogen functional groups attached to an aromatic ring is 1. The molecule has 3 rings (SSSR count). The molecule has 0 aliphatic heterocycles. The largest absolute Gasteiger partial charge is 0.494 e. The second kappa shape index (κ2) is 6.99. The van der Waals surface area contributed by atoms with Crippen LogP contribution in [0.15, 0.2) is 28.9 Å². The number of nitrogens with zero attached hydrogens (tertiary/aromatic N) is 5. The van der Waals surface area contributed by atoms with Gasteiger partial charge < -0.3 is 15.2 Å². The van der Waals surface area contributed by atoms with Crippen LogP contribution in [0.1, 0.15) is 24.3 Å². The number of esters is 1. The first-order chi connectivity index (χ1) is 12.2. The lowest BCUT2D eigenvalue weighted by Crippen LogP contribution is -2.08. The average Bonchev–Trinajstić information content (AvgIpc) is 3.21. The Bertz CT molecular complexity index is 888. The number of ether oxygens (including phenoxy) is 2. The number of aromatic nitrogens is 5. The summed E-state index contributed by atoms with van der Waals surface area (Å²) in [5, 5.41) is 15.1. The number of carbonyl (C=O) groups is 1. The van der Waals surface area contributed by atoms with Gasteiger partial charge in [-0.05, 0) is 36.3 Å². The van der Waals surface area contributed by atoms with E-state index in [0.717, 1.165) is 0 Å². The lowest BCUT2D eigenvalue weighted by Gasteiger charge is -2.08. The topological polar surface area (TPSA) is 131 Å². The number of hydrogen-bond acceptors (Lipinski definition) is 9. The van der Waals surface area contributed by atoms with E-state index in [2.05, 4.69) is 25.3 Å². The smallest absolute Gasteiger partial charge is 0.361 e. The van der Waals surface area contributed by atoms with Gasteiger partial charge in [-0.1, -0.05) is 17.3 Å². The molecule has 130 valence electrons. The third-order valence-electron chi connectivity index (χ3n) is 3.25. The number of nitrogens with two attached hydrogens (primary N) is 1. The molecule has 0 saturated heterocycles. The van der Waals surface area contributed by atoms with Gasteiger partial charge in [0.05, 0.1) is 13.2 Å². The molecule has 0 saturated carbocycles. The van der Waals surface area contributed by atoms with E-state index in [-0.39, 0.29) is 23.9 Å². The van der Waals surface area contributed by atoms with Crippen molar-refractivity contribution in [3.05, 3.63) is 30.0 Å². The van der Waals surface area contributed by atoms with Crippen LogP contribution in [0.3, 0.4) is 0 Å². The molecule has 2 aromatic heterocycles. The minimum Gasteiger partial charge on any atom is -0.494 e. The molecule has 0 bridgehead atoms. The van der Waals surface area contributed by atoms with E-state index in [4.69, 9.17) is 15.2 Å². The molecule has 0 fully saturated rings. The second-order valence-corrected chi connectivity index (χ2v) is 4.85. The molecule has 10 nitrogen and oxygen atoms in total. The van der Waals surface area contributed by atoms with E-state index in [1.807, 2.05) is 6.92 Å². The second-order valence-electron chi connectivity index (χ2n) is 4.85. The van der Waals surface area contributed by atoms with Crippen LogP contribution in [0.2, 0.25) is 0 Å². The first-order valence-electron chi connectivity index (χ1n) is 7.60. The molecule has 0 amide bonds. The predicted molar refractivity (Wildman–Crippen MR) is 86.2 cm³/mol. The molecular formula is C15H16N6O4. The van der Waals surface area contributed by atoms with Crippen molar-refractivity contribution in [1.82, 2.24) is 25.3 Å². The van der Waals surface area contributed by atoms with Gasteiger partial charge in [0, 0.05) is 5.56 Å². The van der Waals surface area contributed by atoms with Gasteiger partial charge in [-0.2, -0.15) is 4.68 Å². The minimum atomic E-state index is -0.611. The number of rotatable bonds is 6. The zero-order chi connectivity index (χ0) is 17.8. The van der Waals surface area contributed by atoms with Gasteiger partial charge in [-0.25, -0.2) is 9.42 Å². The minimum absolute atomic E-state index is 0.0162. The number of carbonyl (C=O) groups excluding carboxylic acids is 1. The number of benzene rings is 1. The monoisotopic (exact) mass is 344 g/mol. The van der Waals surface area contributed by atoms with Crippen LogP contribution in [0.25, 0.3) is 17.1 Å². The molecule has 0 radical (unpaired) electrons. The molecule has 3 aromatic rings. The lowest BCUT2D eigenvalue weighted by atomic mass is 10.1. The molecule has 0 spiro atoms. The zero-order valence-electron chi connectivity index (χ0n) is 13.7. The van der Waals surface area contributed by atoms with Crippen LogP contribution in [-0.4, -0.2) is 44.5 Å². The van der Waals surface area contributed by atoms with Gasteiger partial charge in [-0.3, -0.25) is 0 Å². The highest BCUT2D eigenvalue weighted by Crippen LogP contribution is 2.29. The highest BCUT2D eigenvalue weighted by Gasteiger charge is 2.26. The van der Waals surface area contributed by atoms with Gasteiger partial charge >= 0.3 is 5.97 Å². The molecule has 2 heterocycles. The summed E-state index contributed by atoms with van der Waals surface area (Å²) in [6.07, 6.45) is 0. The molecule has 0 atom stereocenters. The van der Waals surface area contributed by atoms with Crippen LogP contribution in [0, 0.1) is 0 Å². The summed E-state index contributed by atoms with van der Waals surface area (Å²) in [5.74, 6) is 0.164. The van der Waals surface area contributed by atoms with Crippen LogP contribution >= 0.6 is 0 Å². The fraction of sp³-hybridized carbons (Fsp3) is 0.267. The molecular weight excluding hydrogens is 328 g/mol. The molecule has 1 aromatic carbocycles. The molecule has 0 aliphatic rings. The van der Waals surface area contributed by atoms with E-state index in [1.54, 1.807) is 31.2 Å². The Labute approximate surface area is 142 Å². The highest BCUT2D eigenvalue weighted by atomic mass is 16.6. The van der Waals surface area contributed by atoms with Crippen molar-refractivity contribution in [3.8, 4) is 22.8 Å². The maximum Gasteiger partial charge on any atom is 0.361 e. The van der Waals surface area contributed by atoms with Crippen molar-refractivity contribution < 1.29 is 18.9 Å². The van der Waals surface area contributed by atoms with Crippen molar-refractivity contribution in [2.45, 2.75) is 13.8 Å². The summed E-state index contributed by atoms with van der Waals surface area (Å²) in [4.78, 5) is 12.3. The summed E-state index contributed by atoms with van der Waals surface area (Å²) < 4.78 is 16.5. The van der Waals surface area contributed by atoms with Gasteiger partial charge in [0.1, 0.15) is 11.4 Å². The maximum atomic E-state index is 12.3. The van der Waals surface area contributed by atoms with Crippen LogP contribution in [0.4, 0.5) is 5.82 Å². The Morgan fingerprint density at radius 2 is 2.12 bits per heavy atom. The summed E-state index contributed by atoms with van der Waals surface area (Å²) in [7, 11) is 0. The Morgan fingerprint density at radius 1 is 1.28 bits per heavy atom. The third kappa shape index (κ3) is 3.13. The van der Waals surface area contributed by atoms with E-state index < -0.39 is 5.97 Å². The average molecular weight is 344 g/mol. The standard InChI is InChI=1S/C15H16N6O4/c1-3-23-10-7-5-6-9(8-10)12-11(15(22)24-4-2)17-20-21(12)14-13(16)18-25-19-14/h5-8H,3-4H2,1-2H3,(H2,16,18). The fourth-order valence-electron chi connectivity index (χ4n) is 2.26. The first-order valence-corrected chi connectivity index (χ1v) is 7.60. The van der Waals surface area contributed by atoms with E-state index in [0.29, 0.717) is 23.6 Å². The van der Waals surface area contributed by atoms with E-state index in [1.165, 1.54) is 4.68 Å². The van der Waals surface area contributed by atoms with Crippen molar-refractivity contribution in [2.24, 2.45) is 0 Å². The molecule has 0 aliphatic carbocycles. The van der Waals surface area contributed by atoms with E-state index >= 15 is 0 Å². The Kier molecular flexibility index (Phi) is 4.59. The highest BCUT2D eigenvalue weighted by molar-refractivity contribution is 5.94. The van der Waals surface area contributed by atoms with Crippen LogP contribution in [0.5, 0.6) is 5.75 Å². The van der Waals surface area contributed by atoms with Gasteiger partial charge in [0.25, 0.3) is 0 Å². The summed E-state index contributed by atoms with van der Waals surface area (Å²) in [6, 6.07) is 7.13. The van der Waals surface area contributed by atoms with Crippen LogP contribution in [-0.2, 0) is 4.74 Å². The Morgan fingerprint density at radius 3 is 2.80 bits per heavy atom. The summed E-state index contributed by atoms with van der Waals surface area (Å²) in [6.45, 7) is 4.30. The van der Waals surface area contributed by atoms with Crippen molar-refractivity contribution in [2.75, 3.05) is 18.9 Å². The molecule has 0 unspecified atom stereocenters. The number of anilines is 1. The van der Waals surface area contributed by atoms with Crippen molar-refractivity contribution in [3.63, 3.8) is 0 Å². The summed E-state index contributed by atoms with van der Waals surface area (Å²) in [5.41, 5.74) is 6.75. The Balaban J connectivity index is 2.18. The van der Waals surface area contributed by atoms with Gasteiger partial charge in [0.15, 0.2) is 5.69 Å². The SMILES string of the molecule is CCOC(=O)c1nnn(-c2nonc2N)c1-c1cccc(OCC)c1. The molecule has 2 N–H and O–H groups in total. The van der Waals surface area contributed by atoms with E-state index in [9.17, 15) is 4.79 Å². The van der Waals surface area contributed by atoms with Crippen molar-refractivity contribution >= 4 is 11.8 Å². The zero-order valence-corrected chi connectivity index (χ0v) is 13.7.